The van der Waals surface area contributed by atoms with Crippen LogP contribution in [0.3, 0.4) is 0 Å². The minimum atomic E-state index is -4.65. The fourth-order valence-electron chi connectivity index (χ4n) is 2.81. The van der Waals surface area contributed by atoms with Crippen molar-refractivity contribution in [1.29, 1.82) is 0 Å². The number of ether oxygens (including phenoxy) is 1. The van der Waals surface area contributed by atoms with E-state index in [0.717, 1.165) is 25.1 Å². The maximum absolute atomic E-state index is 12.2. The second kappa shape index (κ2) is 7.72. The van der Waals surface area contributed by atoms with Crippen LogP contribution in [0.15, 0.2) is 24.3 Å². The molecule has 0 atom stereocenters. The zero-order chi connectivity index (χ0) is 16.0. The van der Waals surface area contributed by atoms with Gasteiger partial charge in [-0.3, -0.25) is 0 Å². The Morgan fingerprint density at radius 1 is 1.09 bits per heavy atom. The number of nitrogens with zero attached hydrogens (tertiary/aromatic N) is 1. The fourth-order valence-corrected chi connectivity index (χ4v) is 2.81. The van der Waals surface area contributed by atoms with E-state index in [-0.39, 0.29) is 5.75 Å². The van der Waals surface area contributed by atoms with Gasteiger partial charge in [-0.05, 0) is 44.0 Å². The van der Waals surface area contributed by atoms with Crippen molar-refractivity contribution in [2.24, 2.45) is 0 Å². The summed E-state index contributed by atoms with van der Waals surface area (Å²) >= 11 is 0. The lowest BCUT2D eigenvalue weighted by Crippen LogP contribution is -2.44. The molecule has 0 unspecified atom stereocenters. The maximum atomic E-state index is 12.2. The zero-order valence-electron chi connectivity index (χ0n) is 12.8. The molecule has 1 N–H and O–H groups in total. The molecule has 0 aromatic heterocycles. The van der Waals surface area contributed by atoms with Crippen LogP contribution in [0, 0.1) is 0 Å². The van der Waals surface area contributed by atoms with E-state index < -0.39 is 6.36 Å². The summed E-state index contributed by atoms with van der Waals surface area (Å²) < 4.78 is 40.4. The van der Waals surface area contributed by atoms with Gasteiger partial charge < -0.3 is 9.75 Å². The molecule has 0 saturated heterocycles. The van der Waals surface area contributed by atoms with Crippen molar-refractivity contribution in [3.63, 3.8) is 0 Å². The van der Waals surface area contributed by atoms with Crippen LogP contribution < -0.4 is 15.2 Å². The van der Waals surface area contributed by atoms with Crippen LogP contribution in [-0.4, -0.2) is 18.9 Å². The number of benzene rings is 1. The molecule has 2 rings (SSSR count). The Labute approximate surface area is 129 Å². The predicted molar refractivity (Wildman–Crippen MR) is 80.8 cm³/mol. The lowest BCUT2D eigenvalue weighted by Gasteiger charge is -2.29. The highest BCUT2D eigenvalue weighted by Gasteiger charge is 2.31. The molecule has 1 aromatic carbocycles. The average molecular weight is 316 g/mol. The molecule has 1 aliphatic rings. The molecule has 1 fully saturated rings. The van der Waals surface area contributed by atoms with E-state index in [1.165, 1.54) is 37.8 Å². The average Bonchev–Trinajstić information content (AvgIpc) is 2.73. The summed E-state index contributed by atoms with van der Waals surface area (Å²) in [6, 6.07) is 6.43. The minimum absolute atomic E-state index is 0.193. The molecular weight excluding hydrogens is 293 g/mol. The van der Waals surface area contributed by atoms with Gasteiger partial charge in [0.15, 0.2) is 0 Å². The molecule has 22 heavy (non-hydrogen) atoms. The second-order valence-corrected chi connectivity index (χ2v) is 5.60. The molecule has 124 valence electrons. The molecule has 0 aliphatic heterocycles. The summed E-state index contributed by atoms with van der Waals surface area (Å²) in [5.74, 6) is -0.193. The van der Waals surface area contributed by atoms with E-state index in [1.807, 2.05) is 11.9 Å². The minimum Gasteiger partial charge on any atom is -0.406 e. The summed E-state index contributed by atoms with van der Waals surface area (Å²) in [5, 5.41) is 1.99. The molecule has 0 spiro atoms. The lowest BCUT2D eigenvalue weighted by molar-refractivity contribution is -0.274. The van der Waals surface area contributed by atoms with Gasteiger partial charge in [0.1, 0.15) is 5.75 Å². The Kier molecular flexibility index (Phi) is 5.94. The Hall–Kier alpha value is -1.43. The van der Waals surface area contributed by atoms with Crippen LogP contribution in [0.5, 0.6) is 5.75 Å². The summed E-state index contributed by atoms with van der Waals surface area (Å²) in [6.45, 7) is 2.76. The van der Waals surface area contributed by atoms with Gasteiger partial charge in [-0.25, -0.2) is 5.43 Å². The summed E-state index contributed by atoms with van der Waals surface area (Å²) in [4.78, 5) is 0. The monoisotopic (exact) mass is 316 g/mol. The van der Waals surface area contributed by atoms with E-state index in [1.54, 1.807) is 12.1 Å². The number of halogens is 3. The normalized spacial score (nSPS) is 17.1. The van der Waals surface area contributed by atoms with Crippen LogP contribution in [0.25, 0.3) is 0 Å². The molecule has 3 nitrogen and oxygen atoms in total. The Morgan fingerprint density at radius 3 is 2.18 bits per heavy atom. The topological polar surface area (TPSA) is 24.5 Å². The molecule has 1 saturated carbocycles. The van der Waals surface area contributed by atoms with Crippen molar-refractivity contribution in [1.82, 2.24) is 5.43 Å². The molecule has 0 heterocycles. The lowest BCUT2D eigenvalue weighted by atomic mass is 10.1. The third-order valence-corrected chi connectivity index (χ3v) is 3.89. The highest BCUT2D eigenvalue weighted by molar-refractivity contribution is 5.48. The third kappa shape index (κ3) is 5.40. The van der Waals surface area contributed by atoms with Crippen molar-refractivity contribution in [2.75, 3.05) is 11.6 Å². The van der Waals surface area contributed by atoms with Crippen molar-refractivity contribution >= 4 is 5.69 Å². The van der Waals surface area contributed by atoms with E-state index in [0.29, 0.717) is 6.04 Å². The molecule has 0 radical (unpaired) electrons. The van der Waals surface area contributed by atoms with Crippen molar-refractivity contribution in [3.8, 4) is 5.75 Å². The first-order valence-corrected chi connectivity index (χ1v) is 7.87. The van der Waals surface area contributed by atoms with Crippen molar-refractivity contribution in [2.45, 2.75) is 57.9 Å². The number of alkyl halides is 3. The smallest absolute Gasteiger partial charge is 0.406 e. The van der Waals surface area contributed by atoms with E-state index in [2.05, 4.69) is 10.2 Å². The van der Waals surface area contributed by atoms with Gasteiger partial charge in [0.2, 0.25) is 0 Å². The fraction of sp³-hybridized carbons (Fsp3) is 0.625. The van der Waals surface area contributed by atoms with Gasteiger partial charge in [0.25, 0.3) is 0 Å². The van der Waals surface area contributed by atoms with Crippen LogP contribution in [0.2, 0.25) is 0 Å². The molecule has 6 heteroatoms. The van der Waals surface area contributed by atoms with Gasteiger partial charge in [-0.2, -0.15) is 0 Å². The van der Waals surface area contributed by atoms with E-state index in [4.69, 9.17) is 0 Å². The molecule has 1 aliphatic carbocycles. The standard InChI is InChI=1S/C16H23F3N2O/c1-2-21(20-13-7-5-3-4-6-8-13)14-9-11-15(12-10-14)22-16(17,18)19/h9-13,20H,2-8H2,1H3. The van der Waals surface area contributed by atoms with Gasteiger partial charge in [-0.15, -0.1) is 13.2 Å². The highest BCUT2D eigenvalue weighted by Crippen LogP contribution is 2.25. The van der Waals surface area contributed by atoms with Crippen LogP contribution in [0.1, 0.15) is 45.4 Å². The third-order valence-electron chi connectivity index (χ3n) is 3.89. The van der Waals surface area contributed by atoms with Crippen LogP contribution in [0.4, 0.5) is 18.9 Å². The maximum Gasteiger partial charge on any atom is 0.573 e. The van der Waals surface area contributed by atoms with Crippen LogP contribution in [-0.2, 0) is 0 Å². The number of rotatable bonds is 5. The molecule has 1 aromatic rings. The summed E-state index contributed by atoms with van der Waals surface area (Å²) in [6.07, 6.45) is 2.67. The zero-order valence-corrected chi connectivity index (χ0v) is 12.8. The number of nitrogens with one attached hydrogen (secondary N) is 1. The largest absolute Gasteiger partial charge is 0.573 e. The van der Waals surface area contributed by atoms with Gasteiger partial charge in [-0.1, -0.05) is 25.7 Å². The Bertz CT molecular complexity index is 440. The SMILES string of the molecule is CCN(NC1CCCCCC1)c1ccc(OC(F)(F)F)cc1. The summed E-state index contributed by atoms with van der Waals surface area (Å²) in [7, 11) is 0. The van der Waals surface area contributed by atoms with Crippen molar-refractivity contribution < 1.29 is 17.9 Å². The predicted octanol–water partition coefficient (Wildman–Crippen LogP) is 4.64. The first-order valence-electron chi connectivity index (χ1n) is 7.87. The molecular formula is C16H23F3N2O. The molecule has 0 amide bonds. The number of hydrogen-bond acceptors (Lipinski definition) is 3. The Balaban J connectivity index is 1.97. The first-order chi connectivity index (χ1) is 10.5. The van der Waals surface area contributed by atoms with Gasteiger partial charge in [0.05, 0.1) is 5.69 Å². The summed E-state index contributed by atoms with van der Waals surface area (Å²) in [5.41, 5.74) is 4.35. The van der Waals surface area contributed by atoms with Crippen LogP contribution >= 0.6 is 0 Å². The van der Waals surface area contributed by atoms with Gasteiger partial charge in [0, 0.05) is 12.6 Å². The van der Waals surface area contributed by atoms with E-state index >= 15 is 0 Å². The van der Waals surface area contributed by atoms with Crippen molar-refractivity contribution in [3.05, 3.63) is 24.3 Å². The second-order valence-electron chi connectivity index (χ2n) is 5.60. The number of anilines is 1. The number of hydrazine groups is 1. The highest BCUT2D eigenvalue weighted by atomic mass is 19.4. The van der Waals surface area contributed by atoms with Gasteiger partial charge >= 0.3 is 6.36 Å². The Morgan fingerprint density at radius 2 is 1.68 bits per heavy atom. The molecule has 0 bridgehead atoms. The number of hydrogen-bond donors (Lipinski definition) is 1. The quantitative estimate of drug-likeness (QED) is 0.633. The van der Waals surface area contributed by atoms with E-state index in [9.17, 15) is 13.2 Å². The first kappa shape index (κ1) is 16.9.